The average molecular weight is 514 g/mol. The molecule has 1 N–H and O–H groups in total. The molecule has 0 aliphatic rings. The molecule has 0 aromatic heterocycles. The van der Waals surface area contributed by atoms with Crippen molar-refractivity contribution >= 4 is 27.8 Å². The quantitative estimate of drug-likeness (QED) is 0.273. The number of unbranched alkanes of at least 4 members (excludes halogenated alkanes) is 2. The Labute approximate surface area is 204 Å². The van der Waals surface area contributed by atoms with E-state index in [1.54, 1.807) is 38.1 Å². The van der Waals surface area contributed by atoms with Crippen LogP contribution < -0.4 is 9.04 Å². The number of aliphatic carboxylic acids is 1. The summed E-state index contributed by atoms with van der Waals surface area (Å²) in [5.41, 5.74) is 0.339. The van der Waals surface area contributed by atoms with Crippen LogP contribution in [-0.2, 0) is 27.6 Å². The number of carbonyl (C=O) groups is 1. The fourth-order valence-electron chi connectivity index (χ4n) is 3.42. The van der Waals surface area contributed by atoms with Crippen LogP contribution in [0.4, 0.5) is 18.9 Å². The molecule has 0 radical (unpaired) electrons. The second kappa shape index (κ2) is 12.1. The fraction of sp³-hybridized carbons (Fsp3) is 0.400. The second-order valence-electron chi connectivity index (χ2n) is 8.29. The number of carboxylic acids is 1. The van der Waals surface area contributed by atoms with Crippen molar-refractivity contribution in [3.63, 3.8) is 0 Å². The van der Waals surface area contributed by atoms with Crippen LogP contribution in [0.2, 0.25) is 0 Å². The van der Waals surface area contributed by atoms with Gasteiger partial charge >= 0.3 is 12.1 Å². The molecule has 0 aliphatic heterocycles. The van der Waals surface area contributed by atoms with E-state index in [1.165, 1.54) is 6.08 Å². The topological polar surface area (TPSA) is 83.9 Å². The zero-order valence-electron chi connectivity index (χ0n) is 19.9. The SMILES string of the molecule is CCCCCS(=O)(=O)N(c1ccc(C(F)(F)F)cc1OCc1ccc(/C=C/C(=O)O)cc1)C(C)C. The molecular formula is C25H30F3NO5S. The predicted molar refractivity (Wildman–Crippen MR) is 130 cm³/mol. The number of rotatable bonds is 12. The van der Waals surface area contributed by atoms with E-state index >= 15 is 0 Å². The lowest BCUT2D eigenvalue weighted by atomic mass is 10.1. The standard InChI is InChI=1S/C25H30F3NO5S/c1-4-5-6-15-35(32,33)29(18(2)3)22-13-12-21(25(26,27)28)16-23(22)34-17-20-9-7-19(8-10-20)11-14-24(30)31/h7-14,16,18H,4-6,15,17H2,1-3H3,(H,30,31)/b14-11+. The van der Waals surface area contributed by atoms with Gasteiger partial charge in [-0.1, -0.05) is 44.0 Å². The number of ether oxygens (including phenoxy) is 1. The predicted octanol–water partition coefficient (Wildman–Crippen LogP) is 6.12. The van der Waals surface area contributed by atoms with Crippen molar-refractivity contribution in [2.45, 2.75) is 58.9 Å². The first-order chi connectivity index (χ1) is 16.3. The van der Waals surface area contributed by atoms with E-state index in [9.17, 15) is 26.4 Å². The molecule has 0 fully saturated rings. The molecule has 0 atom stereocenters. The second-order valence-corrected chi connectivity index (χ2v) is 10.3. The Morgan fingerprint density at radius 1 is 1.11 bits per heavy atom. The number of anilines is 1. The third kappa shape index (κ3) is 8.31. The summed E-state index contributed by atoms with van der Waals surface area (Å²) < 4.78 is 73.3. The highest BCUT2D eigenvalue weighted by Gasteiger charge is 2.34. The van der Waals surface area contributed by atoms with Crippen molar-refractivity contribution < 1.29 is 36.2 Å². The third-order valence-corrected chi connectivity index (χ3v) is 7.11. The third-order valence-electron chi connectivity index (χ3n) is 5.09. The maximum atomic E-state index is 13.4. The van der Waals surface area contributed by atoms with E-state index in [2.05, 4.69) is 0 Å². The number of hydrogen-bond acceptors (Lipinski definition) is 4. The number of hydrogen-bond donors (Lipinski definition) is 1. The summed E-state index contributed by atoms with van der Waals surface area (Å²) in [4.78, 5) is 10.6. The first-order valence-electron chi connectivity index (χ1n) is 11.2. The van der Waals surface area contributed by atoms with Gasteiger partial charge in [-0.2, -0.15) is 13.2 Å². The summed E-state index contributed by atoms with van der Waals surface area (Å²) >= 11 is 0. The normalized spacial score (nSPS) is 12.3. The van der Waals surface area contributed by atoms with Crippen LogP contribution in [0.3, 0.4) is 0 Å². The van der Waals surface area contributed by atoms with Gasteiger partial charge in [0.25, 0.3) is 0 Å². The highest BCUT2D eigenvalue weighted by atomic mass is 32.2. The molecule has 0 spiro atoms. The van der Waals surface area contributed by atoms with E-state index in [4.69, 9.17) is 9.84 Å². The van der Waals surface area contributed by atoms with E-state index in [0.29, 0.717) is 17.5 Å². The maximum absolute atomic E-state index is 13.4. The van der Waals surface area contributed by atoms with Crippen LogP contribution in [0.1, 0.15) is 56.7 Å². The van der Waals surface area contributed by atoms with Gasteiger partial charge in [0.05, 0.1) is 17.0 Å². The average Bonchev–Trinajstić information content (AvgIpc) is 2.76. The van der Waals surface area contributed by atoms with E-state index in [0.717, 1.165) is 41.4 Å². The van der Waals surface area contributed by atoms with Crippen LogP contribution in [0, 0.1) is 0 Å². The van der Waals surface area contributed by atoms with Gasteiger partial charge in [0.1, 0.15) is 12.4 Å². The molecule has 0 heterocycles. The Morgan fingerprint density at radius 3 is 2.31 bits per heavy atom. The van der Waals surface area contributed by atoms with Crippen LogP contribution >= 0.6 is 0 Å². The molecule has 35 heavy (non-hydrogen) atoms. The molecule has 0 bridgehead atoms. The summed E-state index contributed by atoms with van der Waals surface area (Å²) in [5.74, 6) is -1.40. The van der Waals surface area contributed by atoms with Crippen LogP contribution in [-0.4, -0.2) is 31.3 Å². The van der Waals surface area contributed by atoms with Crippen molar-refractivity contribution in [2.24, 2.45) is 0 Å². The molecule has 0 amide bonds. The smallest absolute Gasteiger partial charge is 0.416 e. The number of halogens is 3. The minimum Gasteiger partial charge on any atom is -0.487 e. The summed E-state index contributed by atoms with van der Waals surface area (Å²) in [6.45, 7) is 5.15. The maximum Gasteiger partial charge on any atom is 0.416 e. The summed E-state index contributed by atoms with van der Waals surface area (Å²) in [6, 6.07) is 8.84. The lowest BCUT2D eigenvalue weighted by Crippen LogP contribution is -2.39. The summed E-state index contributed by atoms with van der Waals surface area (Å²) in [6.07, 6.45) is -0.238. The zero-order chi connectivity index (χ0) is 26.2. The fourth-order valence-corrected chi connectivity index (χ4v) is 5.28. The number of carboxylic acid groups (broad SMARTS) is 1. The minimum absolute atomic E-state index is 0.0468. The number of benzene rings is 2. The van der Waals surface area contributed by atoms with Gasteiger partial charge in [0, 0.05) is 12.1 Å². The molecule has 0 saturated carbocycles. The van der Waals surface area contributed by atoms with Gasteiger partial charge in [-0.3, -0.25) is 4.31 Å². The first-order valence-corrected chi connectivity index (χ1v) is 12.8. The first kappa shape index (κ1) is 28.2. The molecule has 0 saturated heterocycles. The van der Waals surface area contributed by atoms with Crippen molar-refractivity contribution in [3.05, 3.63) is 65.2 Å². The molecule has 0 unspecified atom stereocenters. The van der Waals surface area contributed by atoms with Gasteiger partial charge in [0.2, 0.25) is 10.0 Å². The Kier molecular flexibility index (Phi) is 9.76. The van der Waals surface area contributed by atoms with Crippen molar-refractivity contribution in [1.82, 2.24) is 0 Å². The van der Waals surface area contributed by atoms with Crippen LogP contribution in [0.5, 0.6) is 5.75 Å². The summed E-state index contributed by atoms with van der Waals surface area (Å²) in [7, 11) is -3.80. The lowest BCUT2D eigenvalue weighted by molar-refractivity contribution is -0.137. The molecular weight excluding hydrogens is 483 g/mol. The van der Waals surface area contributed by atoms with Crippen LogP contribution in [0.15, 0.2) is 48.5 Å². The minimum atomic E-state index is -4.63. The number of sulfonamides is 1. The Balaban J connectivity index is 2.40. The van der Waals surface area contributed by atoms with E-state index in [1.807, 2.05) is 6.92 Å². The molecule has 192 valence electrons. The highest BCUT2D eigenvalue weighted by Crippen LogP contribution is 2.39. The van der Waals surface area contributed by atoms with Crippen molar-refractivity contribution in [3.8, 4) is 5.75 Å². The van der Waals surface area contributed by atoms with Crippen molar-refractivity contribution in [1.29, 1.82) is 0 Å². The van der Waals surface area contributed by atoms with Gasteiger partial charge in [-0.25, -0.2) is 13.2 Å². The van der Waals surface area contributed by atoms with Crippen LogP contribution in [0.25, 0.3) is 6.08 Å². The molecule has 2 aromatic carbocycles. The van der Waals surface area contributed by atoms with Gasteiger partial charge in [-0.15, -0.1) is 0 Å². The Bertz CT molecular complexity index is 1130. The zero-order valence-corrected chi connectivity index (χ0v) is 20.7. The highest BCUT2D eigenvalue weighted by molar-refractivity contribution is 7.92. The molecule has 0 aliphatic carbocycles. The van der Waals surface area contributed by atoms with Gasteiger partial charge < -0.3 is 9.84 Å². The molecule has 2 rings (SSSR count). The molecule has 2 aromatic rings. The summed E-state index contributed by atoms with van der Waals surface area (Å²) in [5, 5.41) is 8.71. The van der Waals surface area contributed by atoms with Gasteiger partial charge in [0.15, 0.2) is 0 Å². The van der Waals surface area contributed by atoms with Crippen molar-refractivity contribution in [2.75, 3.05) is 10.1 Å². The number of alkyl halides is 3. The lowest BCUT2D eigenvalue weighted by Gasteiger charge is -2.30. The number of nitrogens with zero attached hydrogens (tertiary/aromatic N) is 1. The molecule has 10 heteroatoms. The van der Waals surface area contributed by atoms with E-state index < -0.39 is 33.8 Å². The monoisotopic (exact) mass is 513 g/mol. The van der Waals surface area contributed by atoms with Gasteiger partial charge in [-0.05, 0) is 55.7 Å². The molecule has 6 nitrogen and oxygen atoms in total. The Morgan fingerprint density at radius 2 is 1.77 bits per heavy atom. The van der Waals surface area contributed by atoms with E-state index in [-0.39, 0.29) is 23.8 Å². The Hall–Kier alpha value is -3.01. The largest absolute Gasteiger partial charge is 0.487 e.